The van der Waals surface area contributed by atoms with Crippen LogP contribution in [0.4, 0.5) is 5.69 Å². The molecule has 7 nitrogen and oxygen atoms in total. The maximum absolute atomic E-state index is 12.2. The SMILES string of the molecule is CN(C)S(=O)(=O)c1cccc(NC(=S)NC2CCC3CNNC3C2)c1. The van der Waals surface area contributed by atoms with Crippen molar-refractivity contribution in [1.82, 2.24) is 20.5 Å². The average Bonchev–Trinajstić information content (AvgIpc) is 3.02. The number of anilines is 1. The largest absolute Gasteiger partial charge is 0.360 e. The molecule has 1 aromatic carbocycles. The van der Waals surface area contributed by atoms with Gasteiger partial charge in [-0.25, -0.2) is 12.7 Å². The van der Waals surface area contributed by atoms with Crippen molar-refractivity contribution in [3.05, 3.63) is 24.3 Å². The number of fused-ring (bicyclic) bond motifs is 1. The highest BCUT2D eigenvalue weighted by atomic mass is 32.2. The number of sulfonamides is 1. The Morgan fingerprint density at radius 1 is 1.32 bits per heavy atom. The Morgan fingerprint density at radius 2 is 2.12 bits per heavy atom. The maximum atomic E-state index is 12.2. The maximum Gasteiger partial charge on any atom is 0.242 e. The molecular weight excluding hydrogens is 358 g/mol. The fourth-order valence-electron chi connectivity index (χ4n) is 3.40. The van der Waals surface area contributed by atoms with Gasteiger partial charge in [0, 0.05) is 38.4 Å². The highest BCUT2D eigenvalue weighted by Gasteiger charge is 2.33. The van der Waals surface area contributed by atoms with Crippen molar-refractivity contribution in [3.8, 4) is 0 Å². The molecule has 3 rings (SSSR count). The zero-order valence-electron chi connectivity index (χ0n) is 14.5. The Kier molecular flexibility index (Phi) is 5.59. The summed E-state index contributed by atoms with van der Waals surface area (Å²) in [6.07, 6.45) is 3.28. The van der Waals surface area contributed by atoms with Crippen LogP contribution in [0.2, 0.25) is 0 Å². The van der Waals surface area contributed by atoms with Crippen molar-refractivity contribution in [1.29, 1.82) is 0 Å². The Bertz CT molecular complexity index is 738. The standard InChI is InChI=1S/C16H25N5O2S2/c1-21(2)25(22,23)14-5-3-4-12(8-14)18-16(24)19-13-7-6-11-10-17-20-15(11)9-13/h3-5,8,11,13,15,17,20H,6-7,9-10H2,1-2H3,(H2,18,19,24). The third-order valence-electron chi connectivity index (χ3n) is 4.85. The number of hydrazine groups is 1. The summed E-state index contributed by atoms with van der Waals surface area (Å²) in [7, 11) is -0.422. The van der Waals surface area contributed by atoms with Crippen LogP contribution in [0.5, 0.6) is 0 Å². The Morgan fingerprint density at radius 3 is 2.88 bits per heavy atom. The van der Waals surface area contributed by atoms with Gasteiger partial charge in [0.1, 0.15) is 0 Å². The Hall–Kier alpha value is -1.26. The molecule has 1 aliphatic carbocycles. The lowest BCUT2D eigenvalue weighted by atomic mass is 9.83. The van der Waals surface area contributed by atoms with Crippen molar-refractivity contribution in [2.75, 3.05) is 26.0 Å². The molecule has 138 valence electrons. The predicted molar refractivity (Wildman–Crippen MR) is 103 cm³/mol. The van der Waals surface area contributed by atoms with Gasteiger partial charge in [0.25, 0.3) is 0 Å². The predicted octanol–water partition coefficient (Wildman–Crippen LogP) is 0.868. The molecule has 3 atom stereocenters. The van der Waals surface area contributed by atoms with E-state index in [4.69, 9.17) is 12.2 Å². The van der Waals surface area contributed by atoms with Crippen molar-refractivity contribution >= 4 is 33.0 Å². The van der Waals surface area contributed by atoms with Gasteiger partial charge in [0.15, 0.2) is 5.11 Å². The summed E-state index contributed by atoms with van der Waals surface area (Å²) < 4.78 is 25.7. The third kappa shape index (κ3) is 4.29. The summed E-state index contributed by atoms with van der Waals surface area (Å²) >= 11 is 5.41. The highest BCUT2D eigenvalue weighted by Crippen LogP contribution is 2.26. The quantitative estimate of drug-likeness (QED) is 0.574. The lowest BCUT2D eigenvalue weighted by molar-refractivity contribution is 0.290. The van der Waals surface area contributed by atoms with E-state index in [0.29, 0.717) is 28.8 Å². The van der Waals surface area contributed by atoms with E-state index < -0.39 is 10.0 Å². The van der Waals surface area contributed by atoms with Crippen molar-refractivity contribution in [2.24, 2.45) is 5.92 Å². The van der Waals surface area contributed by atoms with Crippen LogP contribution in [-0.4, -0.2) is 50.6 Å². The van der Waals surface area contributed by atoms with Gasteiger partial charge in [-0.1, -0.05) is 6.07 Å². The summed E-state index contributed by atoms with van der Waals surface area (Å²) in [4.78, 5) is 0.243. The van der Waals surface area contributed by atoms with E-state index in [0.717, 1.165) is 19.4 Å². The number of nitrogens with one attached hydrogen (secondary N) is 4. The molecule has 2 fully saturated rings. The van der Waals surface area contributed by atoms with Crippen molar-refractivity contribution < 1.29 is 8.42 Å². The lowest BCUT2D eigenvalue weighted by Crippen LogP contribution is -2.46. The van der Waals surface area contributed by atoms with Crippen LogP contribution < -0.4 is 21.5 Å². The van der Waals surface area contributed by atoms with Gasteiger partial charge in [0.05, 0.1) is 4.90 Å². The van der Waals surface area contributed by atoms with E-state index in [1.54, 1.807) is 18.2 Å². The lowest BCUT2D eigenvalue weighted by Gasteiger charge is -2.32. The van der Waals surface area contributed by atoms with Gasteiger partial charge in [-0.2, -0.15) is 0 Å². The smallest absolute Gasteiger partial charge is 0.242 e. The molecule has 0 spiro atoms. The zero-order chi connectivity index (χ0) is 18.0. The van der Waals surface area contributed by atoms with Crippen LogP contribution in [-0.2, 0) is 10.0 Å². The van der Waals surface area contributed by atoms with Gasteiger partial charge in [0.2, 0.25) is 10.0 Å². The fourth-order valence-corrected chi connectivity index (χ4v) is 4.64. The van der Waals surface area contributed by atoms with Crippen LogP contribution in [0.15, 0.2) is 29.2 Å². The van der Waals surface area contributed by atoms with Gasteiger partial charge in [-0.05, 0) is 55.6 Å². The topological polar surface area (TPSA) is 85.5 Å². The van der Waals surface area contributed by atoms with E-state index in [9.17, 15) is 8.42 Å². The molecule has 25 heavy (non-hydrogen) atoms. The zero-order valence-corrected chi connectivity index (χ0v) is 16.1. The van der Waals surface area contributed by atoms with Gasteiger partial charge >= 0.3 is 0 Å². The molecule has 1 aliphatic heterocycles. The number of hydrogen-bond donors (Lipinski definition) is 4. The minimum Gasteiger partial charge on any atom is -0.360 e. The molecule has 1 heterocycles. The summed E-state index contributed by atoms with van der Waals surface area (Å²) in [6.45, 7) is 1.03. The molecule has 3 unspecified atom stereocenters. The summed E-state index contributed by atoms with van der Waals surface area (Å²) in [5.74, 6) is 0.701. The van der Waals surface area contributed by atoms with Gasteiger partial charge in [-0.15, -0.1) is 0 Å². The first kappa shape index (κ1) is 18.5. The van der Waals surface area contributed by atoms with E-state index in [2.05, 4.69) is 21.5 Å². The Balaban J connectivity index is 1.60. The van der Waals surface area contributed by atoms with E-state index in [1.165, 1.54) is 24.8 Å². The molecular formula is C16H25N5O2S2. The number of rotatable bonds is 4. The van der Waals surface area contributed by atoms with Crippen LogP contribution >= 0.6 is 12.2 Å². The summed E-state index contributed by atoms with van der Waals surface area (Å²) in [6, 6.07) is 7.51. The number of nitrogens with zero attached hydrogens (tertiary/aromatic N) is 1. The van der Waals surface area contributed by atoms with E-state index >= 15 is 0 Å². The molecule has 0 amide bonds. The van der Waals surface area contributed by atoms with Crippen molar-refractivity contribution in [3.63, 3.8) is 0 Å². The van der Waals surface area contributed by atoms with Crippen molar-refractivity contribution in [2.45, 2.75) is 36.2 Å². The van der Waals surface area contributed by atoms with E-state index in [1.807, 2.05) is 6.07 Å². The second-order valence-electron chi connectivity index (χ2n) is 6.82. The fraction of sp³-hybridized carbons (Fsp3) is 0.562. The minimum atomic E-state index is -3.46. The van der Waals surface area contributed by atoms with Crippen LogP contribution in [0.3, 0.4) is 0 Å². The summed E-state index contributed by atoms with van der Waals surface area (Å²) in [5, 5.41) is 6.98. The molecule has 1 saturated heterocycles. The Labute approximate surface area is 154 Å². The second kappa shape index (κ2) is 7.55. The van der Waals surface area contributed by atoms with E-state index in [-0.39, 0.29) is 4.90 Å². The number of hydrogen-bond acceptors (Lipinski definition) is 5. The third-order valence-corrected chi connectivity index (χ3v) is 6.88. The van der Waals surface area contributed by atoms with Crippen LogP contribution in [0.25, 0.3) is 0 Å². The first-order valence-corrected chi connectivity index (χ1v) is 10.3. The molecule has 1 aromatic rings. The molecule has 0 aromatic heterocycles. The number of thiocarbonyl (C=S) groups is 1. The molecule has 2 aliphatic rings. The number of benzene rings is 1. The first-order chi connectivity index (χ1) is 11.9. The normalized spacial score (nSPS) is 26.3. The molecule has 0 bridgehead atoms. The highest BCUT2D eigenvalue weighted by molar-refractivity contribution is 7.89. The van der Waals surface area contributed by atoms with Crippen LogP contribution in [0, 0.1) is 5.92 Å². The van der Waals surface area contributed by atoms with Gasteiger partial charge in [-0.3, -0.25) is 10.9 Å². The molecule has 9 heteroatoms. The second-order valence-corrected chi connectivity index (χ2v) is 9.38. The minimum absolute atomic E-state index is 0.243. The summed E-state index contributed by atoms with van der Waals surface area (Å²) in [5.41, 5.74) is 7.20. The average molecular weight is 384 g/mol. The molecule has 0 radical (unpaired) electrons. The first-order valence-electron chi connectivity index (χ1n) is 8.45. The van der Waals surface area contributed by atoms with Crippen LogP contribution in [0.1, 0.15) is 19.3 Å². The van der Waals surface area contributed by atoms with Gasteiger partial charge < -0.3 is 10.6 Å². The molecule has 1 saturated carbocycles. The molecule has 4 N–H and O–H groups in total. The monoisotopic (exact) mass is 383 g/mol.